The number of carboxylic acid groups (broad SMARTS) is 2. The Balaban J connectivity index is 2.22. The van der Waals surface area contributed by atoms with Gasteiger partial charge in [-0.05, 0) is 37.1 Å². The maximum atomic E-state index is 12.6. The van der Waals surface area contributed by atoms with Gasteiger partial charge in [0.15, 0.2) is 0 Å². The molecule has 3 unspecified atom stereocenters. The van der Waals surface area contributed by atoms with Gasteiger partial charge in [-0.1, -0.05) is 48.6 Å². The highest BCUT2D eigenvalue weighted by atomic mass is 16.4. The monoisotopic (exact) mass is 432 g/mol. The molecule has 4 N–H and O–H groups in total. The second-order valence-corrected chi connectivity index (χ2v) is 7.88. The third-order valence-electron chi connectivity index (χ3n) is 5.96. The van der Waals surface area contributed by atoms with E-state index in [4.69, 9.17) is 0 Å². The van der Waals surface area contributed by atoms with E-state index < -0.39 is 29.3 Å². The Morgan fingerprint density at radius 3 is 2.06 bits per heavy atom. The van der Waals surface area contributed by atoms with E-state index in [-0.39, 0.29) is 18.4 Å². The van der Waals surface area contributed by atoms with Gasteiger partial charge in [0.25, 0.3) is 0 Å². The first kappa shape index (κ1) is 22.9. The summed E-state index contributed by atoms with van der Waals surface area (Å²) >= 11 is 0. The molecule has 166 valence electrons. The summed E-state index contributed by atoms with van der Waals surface area (Å²) in [7, 11) is 0. The molecule has 0 radical (unpaired) electrons. The number of carbonyl (C=O) groups is 2. The molecule has 1 aliphatic rings. The van der Waals surface area contributed by atoms with Crippen molar-refractivity contribution in [1.29, 1.82) is 0 Å². The van der Waals surface area contributed by atoms with Crippen LogP contribution in [0.2, 0.25) is 0 Å². The molecule has 6 nitrogen and oxygen atoms in total. The summed E-state index contributed by atoms with van der Waals surface area (Å²) in [5.41, 5.74) is 0.890. The van der Waals surface area contributed by atoms with Gasteiger partial charge in [-0.25, -0.2) is 4.79 Å². The molecule has 2 aromatic rings. The Hall–Kier alpha value is -3.80. The molecule has 6 heteroatoms. The van der Waals surface area contributed by atoms with Crippen LogP contribution in [0.3, 0.4) is 0 Å². The highest BCUT2D eigenvalue weighted by molar-refractivity contribution is 5.91. The van der Waals surface area contributed by atoms with Crippen molar-refractivity contribution in [3.05, 3.63) is 97.2 Å². The Bertz CT molecular complexity index is 1020. The number of allylic oxidation sites excluding steroid dienone is 2. The molecule has 0 bridgehead atoms. The predicted octanol–water partition coefficient (Wildman–Crippen LogP) is 5.16. The molecule has 0 fully saturated rings. The topological polar surface area (TPSA) is 98.7 Å². The number of rotatable bonds is 10. The minimum Gasteiger partial charge on any atom is -0.481 e. The summed E-state index contributed by atoms with van der Waals surface area (Å²) in [4.78, 5) is 25.1. The standard InChI is InChI=1S/C26H28N2O4/c1-3-11-20-23(25(31)32)22(27-18-12-7-5-8-13-18)17-21(24(29)30)26(20,16-4-2)28-19-14-9-6-10-15-19/h3-10,12-15,20-21,27-28H,1-2,11,16-17H2,(H,29,30)(H,31,32). The lowest BCUT2D eigenvalue weighted by Crippen LogP contribution is -2.58. The number of hydrogen-bond acceptors (Lipinski definition) is 4. The zero-order valence-corrected chi connectivity index (χ0v) is 17.8. The molecular formula is C26H28N2O4. The van der Waals surface area contributed by atoms with E-state index in [1.807, 2.05) is 60.7 Å². The highest BCUT2D eigenvalue weighted by Gasteiger charge is 2.54. The van der Waals surface area contributed by atoms with E-state index in [1.54, 1.807) is 12.2 Å². The van der Waals surface area contributed by atoms with Crippen LogP contribution in [-0.2, 0) is 9.59 Å². The second-order valence-electron chi connectivity index (χ2n) is 7.88. The van der Waals surface area contributed by atoms with Crippen molar-refractivity contribution >= 4 is 23.3 Å². The van der Waals surface area contributed by atoms with Gasteiger partial charge in [-0.2, -0.15) is 0 Å². The predicted molar refractivity (Wildman–Crippen MR) is 126 cm³/mol. The van der Waals surface area contributed by atoms with E-state index >= 15 is 0 Å². The summed E-state index contributed by atoms with van der Waals surface area (Å²) in [5, 5.41) is 27.1. The van der Waals surface area contributed by atoms with Crippen molar-refractivity contribution in [3.63, 3.8) is 0 Å². The minimum absolute atomic E-state index is 0.0349. The van der Waals surface area contributed by atoms with Gasteiger partial charge in [0.05, 0.1) is 17.0 Å². The van der Waals surface area contributed by atoms with Gasteiger partial charge in [0.1, 0.15) is 0 Å². The van der Waals surface area contributed by atoms with Crippen molar-refractivity contribution in [2.75, 3.05) is 10.6 Å². The quantitative estimate of drug-likeness (QED) is 0.387. The third-order valence-corrected chi connectivity index (χ3v) is 5.96. The lowest BCUT2D eigenvalue weighted by atomic mass is 9.61. The molecule has 1 aliphatic carbocycles. The average molecular weight is 433 g/mol. The molecule has 0 saturated carbocycles. The second kappa shape index (κ2) is 10.0. The van der Waals surface area contributed by atoms with Crippen LogP contribution in [0, 0.1) is 11.8 Å². The van der Waals surface area contributed by atoms with E-state index in [0.717, 1.165) is 5.69 Å². The molecule has 3 rings (SSSR count). The maximum Gasteiger partial charge on any atom is 0.333 e. The first-order valence-electron chi connectivity index (χ1n) is 10.5. The normalized spacial score (nSPS) is 22.6. The van der Waals surface area contributed by atoms with Crippen LogP contribution in [-0.4, -0.2) is 27.7 Å². The van der Waals surface area contributed by atoms with E-state index in [1.165, 1.54) is 0 Å². The zero-order chi connectivity index (χ0) is 23.1. The molecule has 3 atom stereocenters. The van der Waals surface area contributed by atoms with E-state index in [2.05, 4.69) is 23.8 Å². The molecule has 0 aromatic heterocycles. The van der Waals surface area contributed by atoms with Crippen molar-refractivity contribution in [3.8, 4) is 0 Å². The first-order valence-corrected chi connectivity index (χ1v) is 10.5. The van der Waals surface area contributed by atoms with Crippen LogP contribution in [0.4, 0.5) is 11.4 Å². The third kappa shape index (κ3) is 4.59. The molecule has 32 heavy (non-hydrogen) atoms. The van der Waals surface area contributed by atoms with Crippen LogP contribution in [0.5, 0.6) is 0 Å². The number of aliphatic carboxylic acids is 2. The lowest BCUT2D eigenvalue weighted by Gasteiger charge is -2.49. The average Bonchev–Trinajstić information content (AvgIpc) is 2.77. The Morgan fingerprint density at radius 1 is 0.969 bits per heavy atom. The van der Waals surface area contributed by atoms with Crippen LogP contribution < -0.4 is 10.6 Å². The van der Waals surface area contributed by atoms with Gasteiger partial charge >= 0.3 is 11.9 Å². The largest absolute Gasteiger partial charge is 0.481 e. The molecule has 0 heterocycles. The smallest absolute Gasteiger partial charge is 0.333 e. The fourth-order valence-electron chi connectivity index (χ4n) is 4.64. The SMILES string of the molecule is C=CCC1C(C(=O)O)=C(Nc2ccccc2)CC(C(=O)O)C1(CC=C)Nc1ccccc1. The van der Waals surface area contributed by atoms with Crippen molar-refractivity contribution in [2.24, 2.45) is 11.8 Å². The molecule has 0 saturated heterocycles. The van der Waals surface area contributed by atoms with Crippen LogP contribution in [0.25, 0.3) is 0 Å². The minimum atomic E-state index is -1.10. The van der Waals surface area contributed by atoms with Crippen molar-refractivity contribution in [2.45, 2.75) is 24.8 Å². The van der Waals surface area contributed by atoms with E-state index in [0.29, 0.717) is 17.8 Å². The summed E-state index contributed by atoms with van der Waals surface area (Å²) in [6.45, 7) is 7.67. The number of carboxylic acids is 2. The summed E-state index contributed by atoms with van der Waals surface area (Å²) < 4.78 is 0. The number of benzene rings is 2. The van der Waals surface area contributed by atoms with Gasteiger partial charge in [-0.15, -0.1) is 13.2 Å². The van der Waals surface area contributed by atoms with Gasteiger partial charge < -0.3 is 20.8 Å². The lowest BCUT2D eigenvalue weighted by molar-refractivity contribution is -0.146. The number of nitrogens with one attached hydrogen (secondary N) is 2. The summed E-state index contributed by atoms with van der Waals surface area (Å²) in [6, 6.07) is 18.4. The first-order chi connectivity index (χ1) is 15.4. The fraction of sp³-hybridized carbons (Fsp3) is 0.231. The van der Waals surface area contributed by atoms with E-state index in [9.17, 15) is 19.8 Å². The van der Waals surface area contributed by atoms with Gasteiger partial charge in [0, 0.05) is 29.4 Å². The Kier molecular flexibility index (Phi) is 7.15. The molecule has 2 aromatic carbocycles. The highest BCUT2D eigenvalue weighted by Crippen LogP contribution is 2.48. The maximum absolute atomic E-state index is 12.6. The van der Waals surface area contributed by atoms with Gasteiger partial charge in [0.2, 0.25) is 0 Å². The Labute approximate surface area is 188 Å². The molecule has 0 aliphatic heterocycles. The van der Waals surface area contributed by atoms with Gasteiger partial charge in [-0.3, -0.25) is 4.79 Å². The van der Waals surface area contributed by atoms with Crippen LogP contribution in [0.1, 0.15) is 19.3 Å². The summed E-state index contributed by atoms with van der Waals surface area (Å²) in [5.74, 6) is -3.64. The van der Waals surface area contributed by atoms with Crippen LogP contribution in [0.15, 0.2) is 97.2 Å². The number of para-hydroxylation sites is 2. The fourth-order valence-corrected chi connectivity index (χ4v) is 4.64. The number of anilines is 2. The molecule has 0 spiro atoms. The van der Waals surface area contributed by atoms with Crippen molar-refractivity contribution in [1.82, 2.24) is 0 Å². The Morgan fingerprint density at radius 2 is 1.56 bits per heavy atom. The molecule has 0 amide bonds. The molecular weight excluding hydrogens is 404 g/mol. The van der Waals surface area contributed by atoms with Crippen molar-refractivity contribution < 1.29 is 19.8 Å². The van der Waals surface area contributed by atoms with Crippen LogP contribution >= 0.6 is 0 Å². The number of hydrogen-bond donors (Lipinski definition) is 4. The zero-order valence-electron chi connectivity index (χ0n) is 17.8. The summed E-state index contributed by atoms with van der Waals surface area (Å²) in [6.07, 6.45) is 3.89.